The van der Waals surface area contributed by atoms with Gasteiger partial charge in [-0.05, 0) is 56.6 Å². The van der Waals surface area contributed by atoms with Crippen LogP contribution in [-0.2, 0) is 11.3 Å². The number of aromatic nitrogens is 1. The molecule has 2 unspecified atom stereocenters. The van der Waals surface area contributed by atoms with Gasteiger partial charge in [0, 0.05) is 50.4 Å². The molecule has 3 fully saturated rings. The van der Waals surface area contributed by atoms with Crippen molar-refractivity contribution in [2.24, 2.45) is 5.92 Å². The molecule has 2 atom stereocenters. The van der Waals surface area contributed by atoms with Crippen molar-refractivity contribution >= 4 is 5.91 Å². The Labute approximate surface area is 150 Å². The summed E-state index contributed by atoms with van der Waals surface area (Å²) in [7, 11) is 0. The number of carbonyl (C=O) groups excluding carboxylic acids is 1. The molecule has 0 spiro atoms. The van der Waals surface area contributed by atoms with Crippen LogP contribution in [0.2, 0.25) is 0 Å². The summed E-state index contributed by atoms with van der Waals surface area (Å²) < 4.78 is 0. The van der Waals surface area contributed by atoms with Gasteiger partial charge in [0.05, 0.1) is 5.69 Å². The topological polar surface area (TPSA) is 57.3 Å². The molecule has 25 heavy (non-hydrogen) atoms. The highest BCUT2D eigenvalue weighted by molar-refractivity contribution is 5.76. The standard InChI is InChI=1S/C20H30N4O/c25-20(13-15-11-17-4-5-18(12-15)22-17)23-16-6-9-24(10-7-16)14-19-3-1-2-8-21-19/h1-3,8,15-18,22H,4-7,9-14H2,(H,23,25). The van der Waals surface area contributed by atoms with Gasteiger partial charge in [-0.3, -0.25) is 14.7 Å². The van der Waals surface area contributed by atoms with Gasteiger partial charge in [-0.25, -0.2) is 0 Å². The summed E-state index contributed by atoms with van der Waals surface area (Å²) in [4.78, 5) is 19.3. The van der Waals surface area contributed by atoms with E-state index in [4.69, 9.17) is 0 Å². The van der Waals surface area contributed by atoms with E-state index in [2.05, 4.69) is 26.6 Å². The molecule has 5 nitrogen and oxygen atoms in total. The van der Waals surface area contributed by atoms with E-state index in [1.165, 1.54) is 25.7 Å². The number of pyridine rings is 1. The maximum Gasteiger partial charge on any atom is 0.220 e. The fraction of sp³-hybridized carbons (Fsp3) is 0.700. The molecule has 0 aliphatic carbocycles. The van der Waals surface area contributed by atoms with Gasteiger partial charge in [-0.1, -0.05) is 6.07 Å². The minimum absolute atomic E-state index is 0.273. The maximum absolute atomic E-state index is 12.4. The number of amides is 1. The van der Waals surface area contributed by atoms with Crippen LogP contribution in [-0.4, -0.2) is 47.0 Å². The van der Waals surface area contributed by atoms with Gasteiger partial charge < -0.3 is 10.6 Å². The number of fused-ring (bicyclic) bond motifs is 2. The lowest BCUT2D eigenvalue weighted by Crippen LogP contribution is -2.45. The zero-order valence-electron chi connectivity index (χ0n) is 15.0. The largest absolute Gasteiger partial charge is 0.353 e. The van der Waals surface area contributed by atoms with Crippen LogP contribution in [0, 0.1) is 5.92 Å². The van der Waals surface area contributed by atoms with E-state index in [1.54, 1.807) is 0 Å². The molecule has 3 saturated heterocycles. The Kier molecular flexibility index (Phi) is 5.32. The molecular formula is C20H30N4O. The van der Waals surface area contributed by atoms with Crippen molar-refractivity contribution in [2.45, 2.75) is 69.6 Å². The van der Waals surface area contributed by atoms with E-state index in [1.807, 2.05) is 18.3 Å². The summed E-state index contributed by atoms with van der Waals surface area (Å²) in [6, 6.07) is 7.78. The number of carbonyl (C=O) groups is 1. The zero-order valence-corrected chi connectivity index (χ0v) is 15.0. The van der Waals surface area contributed by atoms with E-state index in [0.29, 0.717) is 24.0 Å². The van der Waals surface area contributed by atoms with Gasteiger partial charge in [0.1, 0.15) is 0 Å². The molecule has 5 heteroatoms. The minimum Gasteiger partial charge on any atom is -0.353 e. The average Bonchev–Trinajstić information content (AvgIpc) is 2.96. The van der Waals surface area contributed by atoms with E-state index in [0.717, 1.165) is 44.6 Å². The molecule has 3 aliphatic rings. The summed E-state index contributed by atoms with van der Waals surface area (Å²) in [5, 5.41) is 6.96. The van der Waals surface area contributed by atoms with Crippen molar-refractivity contribution in [1.82, 2.24) is 20.5 Å². The van der Waals surface area contributed by atoms with Crippen LogP contribution in [0.15, 0.2) is 24.4 Å². The molecule has 0 radical (unpaired) electrons. The van der Waals surface area contributed by atoms with Gasteiger partial charge in [0.15, 0.2) is 0 Å². The van der Waals surface area contributed by atoms with Crippen LogP contribution < -0.4 is 10.6 Å². The number of piperidine rings is 2. The SMILES string of the molecule is O=C(CC1CC2CCC(C1)N2)NC1CCN(Cc2ccccn2)CC1. The Bertz CT molecular complexity index is 558. The third-order valence-corrected chi connectivity index (χ3v) is 6.11. The fourth-order valence-electron chi connectivity index (χ4n) is 4.85. The highest BCUT2D eigenvalue weighted by atomic mass is 16.1. The quantitative estimate of drug-likeness (QED) is 0.860. The predicted molar refractivity (Wildman–Crippen MR) is 98.0 cm³/mol. The number of hydrogen-bond acceptors (Lipinski definition) is 4. The molecule has 4 rings (SSSR count). The van der Waals surface area contributed by atoms with Crippen LogP contribution in [0.3, 0.4) is 0 Å². The van der Waals surface area contributed by atoms with Crippen LogP contribution >= 0.6 is 0 Å². The highest BCUT2D eigenvalue weighted by Crippen LogP contribution is 2.32. The normalized spacial score (nSPS) is 30.3. The van der Waals surface area contributed by atoms with Crippen LogP contribution in [0.5, 0.6) is 0 Å². The Balaban J connectivity index is 1.17. The maximum atomic E-state index is 12.4. The summed E-state index contributed by atoms with van der Waals surface area (Å²) >= 11 is 0. The van der Waals surface area contributed by atoms with Crippen LogP contribution in [0.4, 0.5) is 0 Å². The predicted octanol–water partition coefficient (Wildman–Crippen LogP) is 2.08. The Morgan fingerprint density at radius 1 is 1.16 bits per heavy atom. The summed E-state index contributed by atoms with van der Waals surface area (Å²) in [5.41, 5.74) is 1.13. The van der Waals surface area contributed by atoms with Crippen molar-refractivity contribution in [2.75, 3.05) is 13.1 Å². The highest BCUT2D eigenvalue weighted by Gasteiger charge is 2.34. The molecule has 1 amide bonds. The van der Waals surface area contributed by atoms with Gasteiger partial charge >= 0.3 is 0 Å². The average molecular weight is 342 g/mol. The van der Waals surface area contributed by atoms with Crippen molar-refractivity contribution in [3.05, 3.63) is 30.1 Å². The summed E-state index contributed by atoms with van der Waals surface area (Å²) in [6.45, 7) is 3.00. The molecule has 1 aromatic rings. The minimum atomic E-state index is 0.273. The van der Waals surface area contributed by atoms with Gasteiger partial charge in [-0.2, -0.15) is 0 Å². The zero-order chi connectivity index (χ0) is 17.1. The molecule has 0 saturated carbocycles. The van der Waals surface area contributed by atoms with Crippen molar-refractivity contribution in [1.29, 1.82) is 0 Å². The van der Waals surface area contributed by atoms with E-state index in [-0.39, 0.29) is 5.91 Å². The molecule has 2 N–H and O–H groups in total. The third-order valence-electron chi connectivity index (χ3n) is 6.11. The summed E-state index contributed by atoms with van der Waals surface area (Å²) in [5.74, 6) is 0.859. The second-order valence-electron chi connectivity index (χ2n) is 8.12. The second-order valence-corrected chi connectivity index (χ2v) is 8.12. The molecular weight excluding hydrogens is 312 g/mol. The Hall–Kier alpha value is -1.46. The lowest BCUT2D eigenvalue weighted by atomic mass is 9.89. The first-order valence-electron chi connectivity index (χ1n) is 9.92. The lowest BCUT2D eigenvalue weighted by molar-refractivity contribution is -0.123. The first-order chi connectivity index (χ1) is 12.2. The summed E-state index contributed by atoms with van der Waals surface area (Å²) in [6.07, 6.45) is 9.66. The molecule has 1 aromatic heterocycles. The van der Waals surface area contributed by atoms with E-state index < -0.39 is 0 Å². The van der Waals surface area contributed by atoms with Crippen LogP contribution in [0.25, 0.3) is 0 Å². The molecule has 2 bridgehead atoms. The smallest absolute Gasteiger partial charge is 0.220 e. The third kappa shape index (κ3) is 4.59. The van der Waals surface area contributed by atoms with Crippen molar-refractivity contribution in [3.63, 3.8) is 0 Å². The van der Waals surface area contributed by atoms with Crippen LogP contribution in [0.1, 0.15) is 50.6 Å². The second kappa shape index (κ2) is 7.83. The first-order valence-corrected chi connectivity index (χ1v) is 9.92. The monoisotopic (exact) mass is 342 g/mol. The lowest BCUT2D eigenvalue weighted by Gasteiger charge is -2.33. The fourth-order valence-corrected chi connectivity index (χ4v) is 4.85. The Morgan fingerprint density at radius 3 is 2.60 bits per heavy atom. The van der Waals surface area contributed by atoms with Crippen molar-refractivity contribution < 1.29 is 4.79 Å². The number of rotatable bonds is 5. The number of nitrogens with zero attached hydrogens (tertiary/aromatic N) is 2. The molecule has 0 aromatic carbocycles. The van der Waals surface area contributed by atoms with Gasteiger partial charge in [0.2, 0.25) is 5.91 Å². The van der Waals surface area contributed by atoms with Gasteiger partial charge in [-0.15, -0.1) is 0 Å². The van der Waals surface area contributed by atoms with E-state index >= 15 is 0 Å². The molecule has 4 heterocycles. The first kappa shape index (κ1) is 17.0. The molecule has 3 aliphatic heterocycles. The Morgan fingerprint density at radius 2 is 1.92 bits per heavy atom. The number of nitrogens with one attached hydrogen (secondary N) is 2. The van der Waals surface area contributed by atoms with Gasteiger partial charge in [0.25, 0.3) is 0 Å². The van der Waals surface area contributed by atoms with E-state index in [9.17, 15) is 4.79 Å². The van der Waals surface area contributed by atoms with Crippen molar-refractivity contribution in [3.8, 4) is 0 Å². The number of hydrogen-bond donors (Lipinski definition) is 2. The number of likely N-dealkylation sites (tertiary alicyclic amines) is 1. The molecule has 136 valence electrons.